The minimum atomic E-state index is -0.485. The van der Waals surface area contributed by atoms with Crippen LogP contribution < -0.4 is 5.32 Å². The second-order valence-corrected chi connectivity index (χ2v) is 9.88. The summed E-state index contributed by atoms with van der Waals surface area (Å²) in [6.07, 6.45) is 3.16. The summed E-state index contributed by atoms with van der Waals surface area (Å²) in [4.78, 5) is 27.8. The number of rotatable bonds is 6. The van der Waals surface area contributed by atoms with Crippen LogP contribution >= 0.6 is 11.8 Å². The van der Waals surface area contributed by atoms with E-state index in [1.54, 1.807) is 12.1 Å². The number of imidazole rings is 1. The van der Waals surface area contributed by atoms with Gasteiger partial charge < -0.3 is 10.2 Å². The van der Waals surface area contributed by atoms with E-state index in [0.717, 1.165) is 30.3 Å². The van der Waals surface area contributed by atoms with Crippen molar-refractivity contribution in [1.82, 2.24) is 24.1 Å². The Bertz CT molecular complexity index is 1390. The lowest BCUT2D eigenvalue weighted by Gasteiger charge is -2.39. The van der Waals surface area contributed by atoms with Crippen molar-refractivity contribution in [2.24, 2.45) is 0 Å². The highest BCUT2D eigenvalue weighted by Crippen LogP contribution is 2.28. The molecule has 0 aliphatic carbocycles. The Kier molecular flexibility index (Phi) is 6.46. The Morgan fingerprint density at radius 2 is 1.71 bits per heavy atom. The van der Waals surface area contributed by atoms with Crippen molar-refractivity contribution >= 4 is 46.1 Å². The molecule has 3 heterocycles. The maximum absolute atomic E-state index is 13.9. The molecule has 2 unspecified atom stereocenters. The number of carbonyl (C=O) groups excluding carboxylic acids is 2. The van der Waals surface area contributed by atoms with Crippen molar-refractivity contribution in [2.75, 3.05) is 11.1 Å². The molecule has 1 aliphatic heterocycles. The van der Waals surface area contributed by atoms with Gasteiger partial charge in [-0.25, -0.2) is 4.39 Å². The average molecular weight is 495 g/mol. The molecule has 1 fully saturated rings. The van der Waals surface area contributed by atoms with Crippen LogP contribution in [0.15, 0.2) is 53.7 Å². The fraction of sp³-hybridized carbons (Fsp3) is 0.360. The van der Waals surface area contributed by atoms with Gasteiger partial charge in [0.1, 0.15) is 12.4 Å². The van der Waals surface area contributed by atoms with Gasteiger partial charge in [0.25, 0.3) is 0 Å². The van der Waals surface area contributed by atoms with Gasteiger partial charge in [0.15, 0.2) is 5.16 Å². The molecule has 35 heavy (non-hydrogen) atoms. The van der Waals surface area contributed by atoms with Gasteiger partial charge in [-0.15, -0.1) is 10.2 Å². The monoisotopic (exact) mass is 494 g/mol. The quantitative estimate of drug-likeness (QED) is 0.403. The molecular weight excluding hydrogens is 467 g/mol. The molecule has 0 spiro atoms. The van der Waals surface area contributed by atoms with E-state index in [-0.39, 0.29) is 41.9 Å². The molecule has 1 aliphatic rings. The second-order valence-electron chi connectivity index (χ2n) is 8.94. The molecule has 1 saturated heterocycles. The first-order valence-electron chi connectivity index (χ1n) is 11.7. The van der Waals surface area contributed by atoms with Gasteiger partial charge in [0.2, 0.25) is 17.6 Å². The molecule has 182 valence electrons. The van der Waals surface area contributed by atoms with Crippen LogP contribution in [-0.4, -0.2) is 53.7 Å². The van der Waals surface area contributed by atoms with Crippen molar-refractivity contribution in [2.45, 2.75) is 56.9 Å². The summed E-state index contributed by atoms with van der Waals surface area (Å²) in [5, 5.41) is 11.8. The van der Waals surface area contributed by atoms with Crippen LogP contribution in [0, 0.1) is 5.82 Å². The Hall–Kier alpha value is -3.40. The van der Waals surface area contributed by atoms with Gasteiger partial charge in [-0.1, -0.05) is 36.0 Å². The lowest BCUT2D eigenvalue weighted by atomic mass is 9.97. The van der Waals surface area contributed by atoms with Gasteiger partial charge in [0, 0.05) is 12.1 Å². The highest BCUT2D eigenvalue weighted by atomic mass is 32.2. The van der Waals surface area contributed by atoms with E-state index in [9.17, 15) is 14.0 Å². The zero-order chi connectivity index (χ0) is 24.5. The van der Waals surface area contributed by atoms with Gasteiger partial charge >= 0.3 is 0 Å². The van der Waals surface area contributed by atoms with E-state index in [1.165, 1.54) is 23.9 Å². The number of piperidine rings is 1. The number of para-hydroxylation sites is 3. The number of likely N-dealkylation sites (tertiary alicyclic amines) is 1. The summed E-state index contributed by atoms with van der Waals surface area (Å²) in [6, 6.07) is 14.2. The van der Waals surface area contributed by atoms with Gasteiger partial charge in [-0.3, -0.25) is 18.6 Å². The van der Waals surface area contributed by atoms with Crippen molar-refractivity contribution in [3.05, 3.63) is 54.3 Å². The van der Waals surface area contributed by atoms with Crippen LogP contribution in [-0.2, 0) is 16.1 Å². The van der Waals surface area contributed by atoms with E-state index in [2.05, 4.69) is 29.4 Å². The number of benzene rings is 2. The molecule has 10 heteroatoms. The number of hydrogen-bond donors (Lipinski definition) is 1. The van der Waals surface area contributed by atoms with E-state index < -0.39 is 5.82 Å². The lowest BCUT2D eigenvalue weighted by Crippen LogP contribution is -2.48. The number of carbonyl (C=O) groups is 2. The summed E-state index contributed by atoms with van der Waals surface area (Å²) in [5.74, 6) is -0.177. The zero-order valence-corrected chi connectivity index (χ0v) is 20.5. The van der Waals surface area contributed by atoms with Crippen LogP contribution in [0.3, 0.4) is 0 Å². The van der Waals surface area contributed by atoms with Crippen LogP contribution in [0.4, 0.5) is 10.1 Å². The van der Waals surface area contributed by atoms with Crippen molar-refractivity contribution in [1.29, 1.82) is 0 Å². The minimum Gasteiger partial charge on any atom is -0.336 e. The van der Waals surface area contributed by atoms with E-state index in [1.807, 2.05) is 38.1 Å². The average Bonchev–Trinajstić information content (AvgIpc) is 3.38. The van der Waals surface area contributed by atoms with Gasteiger partial charge in [-0.05, 0) is 57.4 Å². The normalized spacial score (nSPS) is 18.3. The molecular formula is C25H27FN6O2S. The summed E-state index contributed by atoms with van der Waals surface area (Å²) < 4.78 is 17.6. The van der Waals surface area contributed by atoms with Crippen molar-refractivity contribution < 1.29 is 14.0 Å². The Morgan fingerprint density at radius 1 is 1.03 bits per heavy atom. The topological polar surface area (TPSA) is 84.5 Å². The number of nitrogens with zero attached hydrogens (tertiary/aromatic N) is 5. The molecule has 2 aromatic carbocycles. The number of nitrogens with one attached hydrogen (secondary N) is 1. The summed E-state index contributed by atoms with van der Waals surface area (Å²) >= 11 is 1.21. The highest BCUT2D eigenvalue weighted by Gasteiger charge is 2.30. The number of aromatic nitrogens is 4. The summed E-state index contributed by atoms with van der Waals surface area (Å²) in [5.41, 5.74) is 1.87. The molecule has 8 nitrogen and oxygen atoms in total. The number of halogens is 1. The largest absolute Gasteiger partial charge is 0.336 e. The SMILES string of the molecule is CC1CCCC(C)N1C(=O)Cn1c2ccccc2n2c(SCC(=O)Nc3ccccc3F)nnc12. The number of hydrogen-bond acceptors (Lipinski definition) is 5. The zero-order valence-electron chi connectivity index (χ0n) is 19.6. The van der Waals surface area contributed by atoms with Crippen LogP contribution in [0.25, 0.3) is 16.8 Å². The molecule has 0 saturated carbocycles. The first kappa shape index (κ1) is 23.3. The standard InChI is InChI=1S/C25H27FN6O2S/c1-16-8-7-9-17(2)31(16)23(34)14-30-20-12-5-6-13-21(20)32-24(30)28-29-25(32)35-15-22(33)27-19-11-4-3-10-18(19)26/h3-6,10-13,16-17H,7-9,14-15H2,1-2H3,(H,27,33). The number of anilines is 1. The summed E-state index contributed by atoms with van der Waals surface area (Å²) in [6.45, 7) is 4.38. The Labute approximate surface area is 206 Å². The van der Waals surface area contributed by atoms with E-state index in [0.29, 0.717) is 10.9 Å². The van der Waals surface area contributed by atoms with E-state index in [4.69, 9.17) is 0 Å². The number of fused-ring (bicyclic) bond motifs is 3. The van der Waals surface area contributed by atoms with Crippen molar-refractivity contribution in [3.63, 3.8) is 0 Å². The second kappa shape index (κ2) is 9.69. The third-order valence-electron chi connectivity index (χ3n) is 6.53. The number of amides is 2. The fourth-order valence-electron chi connectivity index (χ4n) is 4.90. The minimum absolute atomic E-state index is 0.0381. The molecule has 2 aromatic heterocycles. The molecule has 2 atom stereocenters. The molecule has 5 rings (SSSR count). The highest BCUT2D eigenvalue weighted by molar-refractivity contribution is 7.99. The molecule has 0 radical (unpaired) electrons. The van der Waals surface area contributed by atoms with Crippen LogP contribution in [0.1, 0.15) is 33.1 Å². The molecule has 2 amide bonds. The summed E-state index contributed by atoms with van der Waals surface area (Å²) in [7, 11) is 0. The number of thioether (sulfide) groups is 1. The predicted octanol–water partition coefficient (Wildman–Crippen LogP) is 4.34. The maximum atomic E-state index is 13.9. The lowest BCUT2D eigenvalue weighted by molar-refractivity contribution is -0.137. The fourth-order valence-corrected chi connectivity index (χ4v) is 5.64. The van der Waals surface area contributed by atoms with Crippen molar-refractivity contribution in [3.8, 4) is 0 Å². The van der Waals surface area contributed by atoms with Gasteiger partial charge in [0.05, 0.1) is 22.5 Å². The first-order chi connectivity index (χ1) is 16.9. The predicted molar refractivity (Wildman–Crippen MR) is 134 cm³/mol. The Balaban J connectivity index is 1.40. The third kappa shape index (κ3) is 4.50. The smallest absolute Gasteiger partial charge is 0.243 e. The molecule has 4 aromatic rings. The molecule has 1 N–H and O–H groups in total. The Morgan fingerprint density at radius 3 is 2.46 bits per heavy atom. The molecule has 0 bridgehead atoms. The first-order valence-corrected chi connectivity index (χ1v) is 12.7. The van der Waals surface area contributed by atoms with Crippen LogP contribution in [0.5, 0.6) is 0 Å². The third-order valence-corrected chi connectivity index (χ3v) is 7.46. The van der Waals surface area contributed by atoms with Crippen LogP contribution in [0.2, 0.25) is 0 Å². The van der Waals surface area contributed by atoms with E-state index >= 15 is 0 Å². The maximum Gasteiger partial charge on any atom is 0.243 e. The van der Waals surface area contributed by atoms with Gasteiger partial charge in [-0.2, -0.15) is 0 Å².